The number of pyridine rings is 1. The zero-order valence-corrected chi connectivity index (χ0v) is 32.5. The molecule has 0 bridgehead atoms. The fourth-order valence-electron chi connectivity index (χ4n) is 9.14. The van der Waals surface area contributed by atoms with E-state index in [-0.39, 0.29) is 0 Å². The van der Waals surface area contributed by atoms with Gasteiger partial charge in [-0.1, -0.05) is 182 Å². The van der Waals surface area contributed by atoms with Gasteiger partial charge in [0.05, 0.1) is 11.4 Å². The van der Waals surface area contributed by atoms with Gasteiger partial charge in [-0.05, 0) is 105 Å². The second-order valence-electron chi connectivity index (χ2n) is 15.6. The fraction of sp³-hybridized carbons (Fsp3) is 0. The fourth-order valence-corrected chi connectivity index (χ4v) is 9.14. The van der Waals surface area contributed by atoms with E-state index in [1.54, 1.807) is 6.20 Å². The molecule has 12 rings (SSSR count). The predicted octanol–water partition coefficient (Wildman–Crippen LogP) is 15.1. The zero-order chi connectivity index (χ0) is 39.6. The summed E-state index contributed by atoms with van der Waals surface area (Å²) in [6, 6.07) is 72.1. The minimum Gasteiger partial charge on any atom is -0.264 e. The maximum Gasteiger partial charge on any atom is 0.160 e. The van der Waals surface area contributed by atoms with Gasteiger partial charge < -0.3 is 0 Å². The van der Waals surface area contributed by atoms with Gasteiger partial charge in [-0.2, -0.15) is 0 Å². The van der Waals surface area contributed by atoms with E-state index in [1.165, 1.54) is 76.1 Å². The first-order chi connectivity index (χ1) is 29.7. The summed E-state index contributed by atoms with van der Waals surface area (Å²) in [5.41, 5.74) is 11.7. The summed E-state index contributed by atoms with van der Waals surface area (Å²) in [6.07, 6.45) is 3.69. The summed E-state index contributed by atoms with van der Waals surface area (Å²) < 4.78 is 0. The van der Waals surface area contributed by atoms with Gasteiger partial charge in [-0.3, -0.25) is 4.98 Å². The number of hydrogen-bond donors (Lipinski definition) is 0. The van der Waals surface area contributed by atoms with Crippen LogP contribution in [0.5, 0.6) is 0 Å². The summed E-state index contributed by atoms with van der Waals surface area (Å²) in [6.45, 7) is 0. The SMILES string of the molecule is c1cncc(-c2ccc(-c3nc(-c4ccc(-c5cc6ccccc6c6ccccc56)cc4)cc(-c4ccc(-c5ccc6ccc7cccc8ccc5c6c78)cc4)n3)cc2)c1. The molecule has 2 heterocycles. The Balaban J connectivity index is 0.954. The Morgan fingerprint density at radius 2 is 0.833 bits per heavy atom. The molecule has 0 fully saturated rings. The van der Waals surface area contributed by atoms with Gasteiger partial charge in [-0.15, -0.1) is 0 Å². The van der Waals surface area contributed by atoms with E-state index in [9.17, 15) is 0 Å². The highest BCUT2D eigenvalue weighted by Gasteiger charge is 2.15. The molecular weight excluding hydrogens is 727 g/mol. The molecule has 0 aliphatic heterocycles. The average Bonchev–Trinajstić information content (AvgIpc) is 3.33. The van der Waals surface area contributed by atoms with Crippen LogP contribution in [-0.2, 0) is 0 Å². The van der Waals surface area contributed by atoms with Crippen molar-refractivity contribution in [2.24, 2.45) is 0 Å². The van der Waals surface area contributed by atoms with Gasteiger partial charge in [0, 0.05) is 29.1 Å². The van der Waals surface area contributed by atoms with Crippen molar-refractivity contribution in [1.82, 2.24) is 15.0 Å². The third kappa shape index (κ3) is 5.71. The number of benzene rings is 10. The summed E-state index contributed by atoms with van der Waals surface area (Å²) in [4.78, 5) is 14.7. The Morgan fingerprint density at radius 1 is 0.283 bits per heavy atom. The first kappa shape index (κ1) is 34.1. The molecule has 60 heavy (non-hydrogen) atoms. The highest BCUT2D eigenvalue weighted by Crippen LogP contribution is 2.40. The molecule has 2 aromatic heterocycles. The summed E-state index contributed by atoms with van der Waals surface area (Å²) >= 11 is 0. The second kappa shape index (κ2) is 13.8. The Morgan fingerprint density at radius 3 is 1.53 bits per heavy atom. The summed E-state index contributed by atoms with van der Waals surface area (Å²) in [5.74, 6) is 0.681. The smallest absolute Gasteiger partial charge is 0.160 e. The van der Waals surface area contributed by atoms with E-state index in [0.717, 1.165) is 39.2 Å². The van der Waals surface area contributed by atoms with E-state index in [0.29, 0.717) is 5.82 Å². The molecule has 0 spiro atoms. The van der Waals surface area contributed by atoms with Crippen LogP contribution in [0, 0.1) is 0 Å². The molecule has 3 heteroatoms. The van der Waals surface area contributed by atoms with Crippen LogP contribution in [0.2, 0.25) is 0 Å². The predicted molar refractivity (Wildman–Crippen MR) is 251 cm³/mol. The standard InChI is InChI=1S/C57H35N3/c1-2-11-47-45(7-1)33-52(50-13-4-3-12-49(47)50)38-18-22-40(23-19-38)54-34-53(59-57(60-54)44-26-14-36(15-27-44)46-10-6-32-58-35-46)39-20-16-37(17-21-39)48-30-28-43-25-24-41-8-5-9-42-29-31-51(48)56(43)55(41)42/h1-35H. The number of hydrogen-bond acceptors (Lipinski definition) is 3. The first-order valence-corrected chi connectivity index (χ1v) is 20.4. The van der Waals surface area contributed by atoms with Gasteiger partial charge in [-0.25, -0.2) is 9.97 Å². The van der Waals surface area contributed by atoms with Crippen molar-refractivity contribution >= 4 is 53.9 Å². The highest BCUT2D eigenvalue weighted by atomic mass is 14.9. The third-order valence-corrected chi connectivity index (χ3v) is 12.1. The molecule has 0 N–H and O–H groups in total. The van der Waals surface area contributed by atoms with Crippen LogP contribution < -0.4 is 0 Å². The van der Waals surface area contributed by atoms with Crippen molar-refractivity contribution in [3.8, 4) is 67.3 Å². The lowest BCUT2D eigenvalue weighted by Crippen LogP contribution is -1.96. The van der Waals surface area contributed by atoms with Crippen LogP contribution in [0.25, 0.3) is 121 Å². The third-order valence-electron chi connectivity index (χ3n) is 12.1. The topological polar surface area (TPSA) is 38.7 Å². The van der Waals surface area contributed by atoms with Crippen LogP contribution >= 0.6 is 0 Å². The molecule has 10 aromatic carbocycles. The van der Waals surface area contributed by atoms with Crippen molar-refractivity contribution in [2.45, 2.75) is 0 Å². The maximum atomic E-state index is 5.21. The second-order valence-corrected chi connectivity index (χ2v) is 15.6. The number of fused-ring (bicyclic) bond motifs is 3. The molecule has 0 atom stereocenters. The minimum absolute atomic E-state index is 0.681. The molecule has 12 aromatic rings. The van der Waals surface area contributed by atoms with Gasteiger partial charge >= 0.3 is 0 Å². The molecule has 278 valence electrons. The maximum absolute atomic E-state index is 5.21. The molecule has 0 amide bonds. The van der Waals surface area contributed by atoms with E-state index in [2.05, 4.69) is 199 Å². The lowest BCUT2D eigenvalue weighted by atomic mass is 9.89. The molecule has 0 unspecified atom stereocenters. The van der Waals surface area contributed by atoms with E-state index in [4.69, 9.17) is 9.97 Å². The molecule has 0 radical (unpaired) electrons. The van der Waals surface area contributed by atoms with E-state index in [1.807, 2.05) is 12.3 Å². The number of nitrogens with zero attached hydrogens (tertiary/aromatic N) is 3. The van der Waals surface area contributed by atoms with Crippen LogP contribution in [-0.4, -0.2) is 15.0 Å². The van der Waals surface area contributed by atoms with Crippen molar-refractivity contribution in [3.63, 3.8) is 0 Å². The van der Waals surface area contributed by atoms with Gasteiger partial charge in [0.2, 0.25) is 0 Å². The minimum atomic E-state index is 0.681. The van der Waals surface area contributed by atoms with Crippen molar-refractivity contribution in [1.29, 1.82) is 0 Å². The van der Waals surface area contributed by atoms with Crippen LogP contribution in [0.1, 0.15) is 0 Å². The van der Waals surface area contributed by atoms with E-state index >= 15 is 0 Å². The highest BCUT2D eigenvalue weighted by molar-refractivity contribution is 6.25. The number of aromatic nitrogens is 3. The van der Waals surface area contributed by atoms with Gasteiger partial charge in [0.25, 0.3) is 0 Å². The Labute approximate surface area is 347 Å². The quantitative estimate of drug-likeness (QED) is 0.158. The van der Waals surface area contributed by atoms with Crippen LogP contribution in [0.15, 0.2) is 213 Å². The Hall–Kier alpha value is -8.01. The normalized spacial score (nSPS) is 11.7. The lowest BCUT2D eigenvalue weighted by molar-refractivity contribution is 1.18. The molecule has 0 aliphatic rings. The molecule has 0 saturated carbocycles. The zero-order valence-electron chi connectivity index (χ0n) is 32.5. The van der Waals surface area contributed by atoms with Gasteiger partial charge in [0.1, 0.15) is 0 Å². The van der Waals surface area contributed by atoms with Crippen LogP contribution in [0.3, 0.4) is 0 Å². The molecular formula is C57H35N3. The lowest BCUT2D eigenvalue weighted by Gasteiger charge is -2.15. The van der Waals surface area contributed by atoms with Gasteiger partial charge in [0.15, 0.2) is 5.82 Å². The molecule has 3 nitrogen and oxygen atoms in total. The first-order valence-electron chi connectivity index (χ1n) is 20.4. The number of rotatable bonds is 6. The molecule has 0 aliphatic carbocycles. The van der Waals surface area contributed by atoms with Crippen molar-refractivity contribution < 1.29 is 0 Å². The Bertz CT molecular complexity index is 3540. The molecule has 0 saturated heterocycles. The summed E-state index contributed by atoms with van der Waals surface area (Å²) in [7, 11) is 0. The van der Waals surface area contributed by atoms with Crippen molar-refractivity contribution in [3.05, 3.63) is 213 Å². The summed E-state index contributed by atoms with van der Waals surface area (Å²) in [5, 5.41) is 12.8. The largest absolute Gasteiger partial charge is 0.264 e. The monoisotopic (exact) mass is 761 g/mol. The van der Waals surface area contributed by atoms with E-state index < -0.39 is 0 Å². The van der Waals surface area contributed by atoms with Crippen molar-refractivity contribution in [2.75, 3.05) is 0 Å². The Kier molecular flexibility index (Phi) is 7.85. The average molecular weight is 762 g/mol. The van der Waals surface area contributed by atoms with Crippen LogP contribution in [0.4, 0.5) is 0 Å².